The lowest BCUT2D eigenvalue weighted by molar-refractivity contribution is -0.116. The third-order valence-corrected chi connectivity index (χ3v) is 5.24. The van der Waals surface area contributed by atoms with Gasteiger partial charge in [-0.2, -0.15) is 0 Å². The van der Waals surface area contributed by atoms with Crippen molar-refractivity contribution in [2.45, 2.75) is 12.8 Å². The first kappa shape index (κ1) is 18.0. The van der Waals surface area contributed by atoms with E-state index < -0.39 is 0 Å². The van der Waals surface area contributed by atoms with Crippen molar-refractivity contribution in [3.63, 3.8) is 0 Å². The van der Waals surface area contributed by atoms with E-state index in [1.807, 2.05) is 42.7 Å². The Morgan fingerprint density at radius 3 is 2.50 bits per heavy atom. The summed E-state index contributed by atoms with van der Waals surface area (Å²) in [6.45, 7) is 0. The molecule has 28 heavy (non-hydrogen) atoms. The summed E-state index contributed by atoms with van der Waals surface area (Å²) in [6.07, 6.45) is 11.7. The van der Waals surface area contributed by atoms with Gasteiger partial charge in [0.25, 0.3) is 0 Å². The van der Waals surface area contributed by atoms with Gasteiger partial charge in [0, 0.05) is 53.4 Å². The van der Waals surface area contributed by atoms with Crippen LogP contribution in [0, 0.1) is 0 Å². The molecule has 0 aromatic carbocycles. The van der Waals surface area contributed by atoms with Crippen LogP contribution in [0.15, 0.2) is 79.0 Å². The number of pyridine rings is 3. The molecule has 0 atom stereocenters. The lowest BCUT2D eigenvalue weighted by atomic mass is 10.1. The van der Waals surface area contributed by atoms with Crippen LogP contribution in [0.4, 0.5) is 5.69 Å². The fraction of sp³-hybridized carbons (Fsp3) is 0.0909. The maximum absolute atomic E-state index is 12.3. The van der Waals surface area contributed by atoms with Crippen LogP contribution in [0.2, 0.25) is 0 Å². The van der Waals surface area contributed by atoms with E-state index in [0.717, 1.165) is 27.1 Å². The molecule has 138 valence electrons. The van der Waals surface area contributed by atoms with E-state index in [4.69, 9.17) is 0 Å². The van der Waals surface area contributed by atoms with Gasteiger partial charge in [0.15, 0.2) is 0 Å². The van der Waals surface area contributed by atoms with Gasteiger partial charge in [-0.3, -0.25) is 19.7 Å². The van der Waals surface area contributed by atoms with Crippen molar-refractivity contribution < 1.29 is 4.79 Å². The molecule has 0 bridgehead atoms. The number of anilines is 1. The highest BCUT2D eigenvalue weighted by Crippen LogP contribution is 2.32. The minimum atomic E-state index is -0.0370. The first-order valence-electron chi connectivity index (χ1n) is 8.91. The highest BCUT2D eigenvalue weighted by Gasteiger charge is 2.08. The molecule has 0 aliphatic heterocycles. The molecule has 0 radical (unpaired) electrons. The molecule has 6 heteroatoms. The van der Waals surface area contributed by atoms with E-state index in [1.54, 1.807) is 36.1 Å². The number of rotatable bonds is 6. The molecule has 0 aliphatic rings. The molecule has 0 saturated heterocycles. The summed E-state index contributed by atoms with van der Waals surface area (Å²) < 4.78 is 0. The second-order valence-electron chi connectivity index (χ2n) is 6.31. The third kappa shape index (κ3) is 4.47. The van der Waals surface area contributed by atoms with Crippen LogP contribution in [0.3, 0.4) is 0 Å². The van der Waals surface area contributed by atoms with E-state index in [-0.39, 0.29) is 5.91 Å². The molecule has 1 N–H and O–H groups in total. The van der Waals surface area contributed by atoms with Crippen molar-refractivity contribution in [3.05, 3.63) is 84.5 Å². The van der Waals surface area contributed by atoms with Gasteiger partial charge in [0.2, 0.25) is 5.91 Å². The summed E-state index contributed by atoms with van der Waals surface area (Å²) in [7, 11) is 0. The Morgan fingerprint density at radius 1 is 0.893 bits per heavy atom. The van der Waals surface area contributed by atoms with E-state index >= 15 is 0 Å². The monoisotopic (exact) mass is 386 g/mol. The Balaban J connectivity index is 1.43. The standard InChI is InChI=1S/C22H18N4OS/c27-22(6-5-16-3-1-7-23-11-16)26-20-9-18(13-25-14-20)21-10-19(15-28-21)17-4-2-8-24-12-17/h1-4,7-15H,5-6H2,(H,26,27). The minimum absolute atomic E-state index is 0.0370. The number of hydrogen-bond donors (Lipinski definition) is 1. The molecule has 4 rings (SSSR count). The molecular weight excluding hydrogens is 368 g/mol. The Bertz CT molecular complexity index is 1060. The highest BCUT2D eigenvalue weighted by atomic mass is 32.1. The SMILES string of the molecule is O=C(CCc1cccnc1)Nc1cncc(-c2cc(-c3cccnc3)cs2)c1. The molecular formula is C22H18N4OS. The van der Waals surface area contributed by atoms with E-state index in [1.165, 1.54) is 0 Å². The van der Waals surface area contributed by atoms with Crippen LogP contribution in [-0.2, 0) is 11.2 Å². The second-order valence-corrected chi connectivity index (χ2v) is 7.22. The zero-order chi connectivity index (χ0) is 19.2. The molecule has 0 aliphatic carbocycles. The van der Waals surface area contributed by atoms with Crippen molar-refractivity contribution in [2.75, 3.05) is 5.32 Å². The van der Waals surface area contributed by atoms with Gasteiger partial charge in [-0.25, -0.2) is 0 Å². The van der Waals surface area contributed by atoms with Crippen LogP contribution in [-0.4, -0.2) is 20.9 Å². The Morgan fingerprint density at radius 2 is 1.71 bits per heavy atom. The first-order chi connectivity index (χ1) is 13.8. The fourth-order valence-corrected chi connectivity index (χ4v) is 3.74. The maximum Gasteiger partial charge on any atom is 0.224 e. The normalized spacial score (nSPS) is 10.6. The van der Waals surface area contributed by atoms with Crippen LogP contribution >= 0.6 is 11.3 Å². The second kappa shape index (κ2) is 8.54. The van der Waals surface area contributed by atoms with E-state index in [9.17, 15) is 4.79 Å². The summed E-state index contributed by atoms with van der Waals surface area (Å²) in [6, 6.07) is 11.9. The molecule has 0 spiro atoms. The zero-order valence-corrected chi connectivity index (χ0v) is 15.9. The number of nitrogens with one attached hydrogen (secondary N) is 1. The highest BCUT2D eigenvalue weighted by molar-refractivity contribution is 7.14. The number of hydrogen-bond acceptors (Lipinski definition) is 5. The number of aromatic nitrogens is 3. The van der Waals surface area contributed by atoms with Crippen molar-refractivity contribution in [2.24, 2.45) is 0 Å². The Hall–Kier alpha value is -3.38. The Labute approximate surface area is 167 Å². The molecule has 5 nitrogen and oxygen atoms in total. The lowest BCUT2D eigenvalue weighted by Crippen LogP contribution is -2.12. The van der Waals surface area contributed by atoms with Gasteiger partial charge < -0.3 is 5.32 Å². The average molecular weight is 386 g/mol. The van der Waals surface area contributed by atoms with E-state index in [2.05, 4.69) is 31.7 Å². The summed E-state index contributed by atoms with van der Waals surface area (Å²) >= 11 is 1.65. The van der Waals surface area contributed by atoms with Gasteiger partial charge >= 0.3 is 0 Å². The topological polar surface area (TPSA) is 67.8 Å². The maximum atomic E-state index is 12.3. The van der Waals surface area contributed by atoms with Gasteiger partial charge in [0.05, 0.1) is 11.9 Å². The largest absolute Gasteiger partial charge is 0.325 e. The number of aryl methyl sites for hydroxylation is 1. The minimum Gasteiger partial charge on any atom is -0.325 e. The van der Waals surface area contributed by atoms with Crippen LogP contribution in [0.25, 0.3) is 21.6 Å². The molecule has 1 amide bonds. The molecule has 4 aromatic heterocycles. The number of nitrogens with zero attached hydrogens (tertiary/aromatic N) is 3. The fourth-order valence-electron chi connectivity index (χ4n) is 2.84. The first-order valence-corrected chi connectivity index (χ1v) is 9.79. The van der Waals surface area contributed by atoms with Crippen LogP contribution in [0.5, 0.6) is 0 Å². The van der Waals surface area contributed by atoms with Crippen molar-refractivity contribution >= 4 is 22.9 Å². The number of carbonyl (C=O) groups is 1. The summed E-state index contributed by atoms with van der Waals surface area (Å²) in [5.41, 5.74) is 4.93. The lowest BCUT2D eigenvalue weighted by Gasteiger charge is -2.06. The third-order valence-electron chi connectivity index (χ3n) is 4.26. The number of carbonyl (C=O) groups excluding carboxylic acids is 1. The summed E-state index contributed by atoms with van der Waals surface area (Å²) in [5.74, 6) is -0.0370. The van der Waals surface area contributed by atoms with Gasteiger partial charge in [-0.15, -0.1) is 11.3 Å². The molecule has 4 aromatic rings. The molecule has 0 unspecified atom stereocenters. The smallest absolute Gasteiger partial charge is 0.224 e. The van der Waals surface area contributed by atoms with Crippen molar-refractivity contribution in [1.82, 2.24) is 15.0 Å². The van der Waals surface area contributed by atoms with Crippen molar-refractivity contribution in [1.29, 1.82) is 0 Å². The van der Waals surface area contributed by atoms with Crippen LogP contribution in [0.1, 0.15) is 12.0 Å². The van der Waals surface area contributed by atoms with Gasteiger partial charge in [-0.1, -0.05) is 12.1 Å². The van der Waals surface area contributed by atoms with Crippen molar-refractivity contribution in [3.8, 4) is 21.6 Å². The molecule has 4 heterocycles. The van der Waals surface area contributed by atoms with E-state index in [0.29, 0.717) is 18.5 Å². The van der Waals surface area contributed by atoms with Gasteiger partial charge in [0.1, 0.15) is 0 Å². The zero-order valence-electron chi connectivity index (χ0n) is 15.1. The molecule has 0 fully saturated rings. The average Bonchev–Trinajstić information content (AvgIpc) is 3.24. The predicted octanol–water partition coefficient (Wildman–Crippen LogP) is 4.84. The van der Waals surface area contributed by atoms with Crippen LogP contribution < -0.4 is 5.32 Å². The van der Waals surface area contributed by atoms with Gasteiger partial charge in [-0.05, 0) is 47.2 Å². The quantitative estimate of drug-likeness (QED) is 0.515. The Kier molecular flexibility index (Phi) is 5.49. The number of thiophene rings is 1. The predicted molar refractivity (Wildman–Crippen MR) is 112 cm³/mol. The summed E-state index contributed by atoms with van der Waals surface area (Å²) in [4.78, 5) is 25.9. The summed E-state index contributed by atoms with van der Waals surface area (Å²) in [5, 5.41) is 5.04. The molecule has 0 saturated carbocycles. The number of amides is 1.